The highest BCUT2D eigenvalue weighted by Gasteiger charge is 2.33. The van der Waals surface area contributed by atoms with E-state index in [-0.39, 0.29) is 0 Å². The van der Waals surface area contributed by atoms with Gasteiger partial charge in [-0.1, -0.05) is 37.3 Å². The fourth-order valence-electron chi connectivity index (χ4n) is 2.12. The van der Waals surface area contributed by atoms with Crippen molar-refractivity contribution in [1.82, 2.24) is 4.90 Å². The van der Waals surface area contributed by atoms with E-state index in [1.54, 1.807) is 0 Å². The predicted octanol–water partition coefficient (Wildman–Crippen LogP) is 2.81. The number of nitrogens with zero attached hydrogens (tertiary/aromatic N) is 1. The fourth-order valence-corrected chi connectivity index (χ4v) is 2.12. The van der Waals surface area contributed by atoms with E-state index in [1.165, 1.54) is 18.4 Å². The van der Waals surface area contributed by atoms with Crippen LogP contribution < -0.4 is 0 Å². The van der Waals surface area contributed by atoms with Gasteiger partial charge in [-0.25, -0.2) is 0 Å². The van der Waals surface area contributed by atoms with Gasteiger partial charge in [0.15, 0.2) is 0 Å². The van der Waals surface area contributed by atoms with Crippen molar-refractivity contribution in [3.63, 3.8) is 0 Å². The van der Waals surface area contributed by atoms with Crippen LogP contribution in [0.3, 0.4) is 0 Å². The van der Waals surface area contributed by atoms with Gasteiger partial charge in [0, 0.05) is 19.1 Å². The minimum Gasteiger partial charge on any atom is -0.389 e. The zero-order valence-electron chi connectivity index (χ0n) is 10.9. The van der Waals surface area contributed by atoms with E-state index in [9.17, 15) is 5.11 Å². The molecule has 17 heavy (non-hydrogen) atoms. The molecule has 0 aromatic heterocycles. The van der Waals surface area contributed by atoms with Gasteiger partial charge in [0.1, 0.15) is 0 Å². The molecule has 1 atom stereocenters. The van der Waals surface area contributed by atoms with Gasteiger partial charge in [-0.05, 0) is 31.7 Å². The summed E-state index contributed by atoms with van der Waals surface area (Å²) in [5.41, 5.74) is 0.781. The molecule has 0 bridgehead atoms. The van der Waals surface area contributed by atoms with Crippen molar-refractivity contribution in [2.75, 3.05) is 6.54 Å². The Kier molecular flexibility index (Phi) is 3.85. The van der Waals surface area contributed by atoms with Crippen LogP contribution in [0.5, 0.6) is 0 Å². The molecule has 1 fully saturated rings. The lowest BCUT2D eigenvalue weighted by molar-refractivity contribution is 0.0112. The SMILES string of the molecule is CCC(C)(O)CN(Cc1ccccc1)C1CC1. The Bertz CT molecular complexity index is 343. The molecule has 2 rings (SSSR count). The zero-order chi connectivity index (χ0) is 12.3. The van der Waals surface area contributed by atoms with Crippen LogP contribution >= 0.6 is 0 Å². The summed E-state index contributed by atoms with van der Waals surface area (Å²) in [5.74, 6) is 0. The van der Waals surface area contributed by atoms with E-state index in [4.69, 9.17) is 0 Å². The van der Waals surface area contributed by atoms with Crippen molar-refractivity contribution in [3.05, 3.63) is 35.9 Å². The van der Waals surface area contributed by atoms with Crippen LogP contribution in [0, 0.1) is 0 Å². The largest absolute Gasteiger partial charge is 0.389 e. The Hall–Kier alpha value is -0.860. The van der Waals surface area contributed by atoms with Gasteiger partial charge in [0.05, 0.1) is 5.60 Å². The van der Waals surface area contributed by atoms with Crippen molar-refractivity contribution >= 4 is 0 Å². The van der Waals surface area contributed by atoms with E-state index >= 15 is 0 Å². The first-order valence-corrected chi connectivity index (χ1v) is 6.61. The van der Waals surface area contributed by atoms with Gasteiger partial charge in [-0.15, -0.1) is 0 Å². The highest BCUT2D eigenvalue weighted by molar-refractivity contribution is 5.15. The van der Waals surface area contributed by atoms with E-state index < -0.39 is 5.60 Å². The Morgan fingerprint density at radius 1 is 1.29 bits per heavy atom. The molecule has 0 saturated heterocycles. The zero-order valence-corrected chi connectivity index (χ0v) is 10.9. The lowest BCUT2D eigenvalue weighted by Gasteiger charge is -2.31. The third-order valence-corrected chi connectivity index (χ3v) is 3.60. The predicted molar refractivity (Wildman–Crippen MR) is 70.8 cm³/mol. The summed E-state index contributed by atoms with van der Waals surface area (Å²) in [6, 6.07) is 11.2. The minimum absolute atomic E-state index is 0.558. The van der Waals surface area contributed by atoms with Crippen LogP contribution in [0.4, 0.5) is 0 Å². The standard InChI is InChI=1S/C15H23NO/c1-3-15(2,17)12-16(14-9-10-14)11-13-7-5-4-6-8-13/h4-8,14,17H,3,9-12H2,1-2H3. The first kappa shape index (κ1) is 12.6. The highest BCUT2D eigenvalue weighted by atomic mass is 16.3. The second kappa shape index (κ2) is 5.19. The smallest absolute Gasteiger partial charge is 0.0743 e. The maximum Gasteiger partial charge on any atom is 0.0743 e. The Balaban J connectivity index is 1.98. The molecule has 0 heterocycles. The fraction of sp³-hybridized carbons (Fsp3) is 0.600. The van der Waals surface area contributed by atoms with E-state index in [0.717, 1.165) is 19.5 Å². The molecule has 1 aliphatic carbocycles. The normalized spacial score (nSPS) is 19.3. The van der Waals surface area contributed by atoms with Gasteiger partial charge in [-0.3, -0.25) is 4.90 Å². The monoisotopic (exact) mass is 233 g/mol. The lowest BCUT2D eigenvalue weighted by Crippen LogP contribution is -2.41. The highest BCUT2D eigenvalue weighted by Crippen LogP contribution is 2.30. The number of benzene rings is 1. The molecule has 2 nitrogen and oxygen atoms in total. The molecule has 0 amide bonds. The Labute approximate surface area is 104 Å². The second-order valence-corrected chi connectivity index (χ2v) is 5.47. The summed E-state index contributed by atoms with van der Waals surface area (Å²) in [5, 5.41) is 10.2. The molecule has 94 valence electrons. The second-order valence-electron chi connectivity index (χ2n) is 5.47. The maximum atomic E-state index is 10.2. The van der Waals surface area contributed by atoms with Crippen molar-refractivity contribution in [3.8, 4) is 0 Å². The van der Waals surface area contributed by atoms with Gasteiger partial charge >= 0.3 is 0 Å². The average molecular weight is 233 g/mol. The number of rotatable bonds is 6. The summed E-state index contributed by atoms with van der Waals surface area (Å²) in [4.78, 5) is 2.43. The summed E-state index contributed by atoms with van der Waals surface area (Å²) < 4.78 is 0. The van der Waals surface area contributed by atoms with Gasteiger partial charge < -0.3 is 5.11 Å². The maximum absolute atomic E-state index is 10.2. The van der Waals surface area contributed by atoms with E-state index in [1.807, 2.05) is 19.9 Å². The van der Waals surface area contributed by atoms with Crippen molar-refractivity contribution < 1.29 is 5.11 Å². The van der Waals surface area contributed by atoms with Gasteiger partial charge in [0.25, 0.3) is 0 Å². The molecule has 1 unspecified atom stereocenters. The van der Waals surface area contributed by atoms with Crippen LogP contribution in [-0.2, 0) is 6.54 Å². The molecule has 0 spiro atoms. The van der Waals surface area contributed by atoms with Gasteiger partial charge in [-0.2, -0.15) is 0 Å². The third kappa shape index (κ3) is 3.83. The summed E-state index contributed by atoms with van der Waals surface area (Å²) in [7, 11) is 0. The molecule has 1 N–H and O–H groups in total. The van der Waals surface area contributed by atoms with Crippen LogP contribution in [0.1, 0.15) is 38.7 Å². The lowest BCUT2D eigenvalue weighted by atomic mass is 10.0. The number of hydrogen-bond acceptors (Lipinski definition) is 2. The van der Waals surface area contributed by atoms with Crippen LogP contribution in [0.2, 0.25) is 0 Å². The molecular formula is C15H23NO. The first-order chi connectivity index (χ1) is 8.11. The van der Waals surface area contributed by atoms with Crippen molar-refractivity contribution in [1.29, 1.82) is 0 Å². The Morgan fingerprint density at radius 2 is 1.94 bits per heavy atom. The third-order valence-electron chi connectivity index (χ3n) is 3.60. The van der Waals surface area contributed by atoms with E-state index in [2.05, 4.69) is 29.2 Å². The summed E-state index contributed by atoms with van der Waals surface area (Å²) >= 11 is 0. The molecule has 1 aliphatic rings. The van der Waals surface area contributed by atoms with Gasteiger partial charge in [0.2, 0.25) is 0 Å². The molecule has 1 aromatic carbocycles. The van der Waals surface area contributed by atoms with Crippen molar-refractivity contribution in [2.24, 2.45) is 0 Å². The number of aliphatic hydroxyl groups is 1. The summed E-state index contributed by atoms with van der Waals surface area (Å²) in [6.07, 6.45) is 3.38. The van der Waals surface area contributed by atoms with Crippen LogP contribution in [-0.4, -0.2) is 28.2 Å². The molecule has 1 saturated carbocycles. The minimum atomic E-state index is -0.558. The Morgan fingerprint density at radius 3 is 2.47 bits per heavy atom. The summed E-state index contributed by atoms with van der Waals surface area (Å²) in [6.45, 7) is 5.73. The molecule has 0 radical (unpaired) electrons. The average Bonchev–Trinajstić information content (AvgIpc) is 3.13. The van der Waals surface area contributed by atoms with Crippen LogP contribution in [0.15, 0.2) is 30.3 Å². The molecule has 1 aromatic rings. The topological polar surface area (TPSA) is 23.5 Å². The molecular weight excluding hydrogens is 210 g/mol. The van der Waals surface area contributed by atoms with E-state index in [0.29, 0.717) is 6.04 Å². The first-order valence-electron chi connectivity index (χ1n) is 6.61. The van der Waals surface area contributed by atoms with Crippen molar-refractivity contribution in [2.45, 2.75) is 51.3 Å². The quantitative estimate of drug-likeness (QED) is 0.816. The molecule has 0 aliphatic heterocycles. The van der Waals surface area contributed by atoms with Crippen LogP contribution in [0.25, 0.3) is 0 Å². The molecule has 2 heteroatoms. The number of hydrogen-bond donors (Lipinski definition) is 1.